The number of benzene rings is 1. The maximum atomic E-state index is 12.3. The van der Waals surface area contributed by atoms with Crippen LogP contribution in [0.1, 0.15) is 44.1 Å². The van der Waals surface area contributed by atoms with E-state index < -0.39 is 0 Å². The summed E-state index contributed by atoms with van der Waals surface area (Å²) >= 11 is 0. The summed E-state index contributed by atoms with van der Waals surface area (Å²) in [5, 5.41) is 22.9. The molecular formula is C31H32N6O3. The monoisotopic (exact) mass is 536 g/mol. The van der Waals surface area contributed by atoms with Gasteiger partial charge in [0.25, 0.3) is 5.91 Å². The normalized spacial score (nSPS) is 20.2. The zero-order valence-electron chi connectivity index (χ0n) is 22.1. The van der Waals surface area contributed by atoms with Crippen molar-refractivity contribution in [3.63, 3.8) is 0 Å². The summed E-state index contributed by atoms with van der Waals surface area (Å²) < 4.78 is 5.62. The van der Waals surface area contributed by atoms with Gasteiger partial charge in [0.2, 0.25) is 5.95 Å². The summed E-state index contributed by atoms with van der Waals surface area (Å²) in [6.07, 6.45) is 12.3. The lowest BCUT2D eigenvalue weighted by atomic mass is 9.93. The van der Waals surface area contributed by atoms with Gasteiger partial charge >= 0.3 is 0 Å². The molecule has 9 heteroatoms. The van der Waals surface area contributed by atoms with E-state index in [9.17, 15) is 9.90 Å². The van der Waals surface area contributed by atoms with Gasteiger partial charge in [-0.3, -0.25) is 4.79 Å². The van der Waals surface area contributed by atoms with Crippen LogP contribution in [0.15, 0.2) is 76.7 Å². The van der Waals surface area contributed by atoms with Crippen molar-refractivity contribution in [3.05, 3.63) is 77.8 Å². The number of nitrogens with zero attached hydrogens (tertiary/aromatic N) is 2. The van der Waals surface area contributed by atoms with E-state index in [1.165, 1.54) is 0 Å². The topological polar surface area (TPSA) is 124 Å². The minimum Gasteiger partial charge on any atom is -0.464 e. The van der Waals surface area contributed by atoms with Crippen LogP contribution in [-0.4, -0.2) is 45.7 Å². The van der Waals surface area contributed by atoms with Gasteiger partial charge in [-0.05, 0) is 86.9 Å². The van der Waals surface area contributed by atoms with Crippen molar-refractivity contribution in [2.24, 2.45) is 0 Å². The molecule has 0 bridgehead atoms. The molecule has 6 rings (SSSR count). The predicted octanol–water partition coefficient (Wildman–Crippen LogP) is 4.24. The second-order valence-corrected chi connectivity index (χ2v) is 10.4. The zero-order valence-corrected chi connectivity index (χ0v) is 22.1. The third kappa shape index (κ3) is 6.53. The molecule has 5 N–H and O–H groups in total. The van der Waals surface area contributed by atoms with Crippen LogP contribution in [0, 0.1) is 11.8 Å². The van der Waals surface area contributed by atoms with Crippen molar-refractivity contribution in [1.82, 2.24) is 20.6 Å². The lowest BCUT2D eigenvalue weighted by Crippen LogP contribution is -2.29. The highest BCUT2D eigenvalue weighted by Gasteiger charge is 2.25. The highest BCUT2D eigenvalue weighted by Crippen LogP contribution is 2.30. The van der Waals surface area contributed by atoms with E-state index in [4.69, 9.17) is 9.40 Å². The van der Waals surface area contributed by atoms with E-state index in [-0.39, 0.29) is 18.1 Å². The van der Waals surface area contributed by atoms with Gasteiger partial charge in [0.1, 0.15) is 11.6 Å². The van der Waals surface area contributed by atoms with Gasteiger partial charge in [-0.25, -0.2) is 4.98 Å². The number of nitrogens with one attached hydrogen (secondary N) is 4. The Hall–Kier alpha value is -4.55. The van der Waals surface area contributed by atoms with Gasteiger partial charge < -0.3 is 30.8 Å². The van der Waals surface area contributed by atoms with Gasteiger partial charge in [0.05, 0.1) is 23.6 Å². The molecule has 2 saturated carbocycles. The summed E-state index contributed by atoms with van der Waals surface area (Å²) in [7, 11) is 0. The Labute approximate surface area is 233 Å². The van der Waals surface area contributed by atoms with E-state index in [0.717, 1.165) is 61.0 Å². The number of aliphatic hydroxyl groups excluding tert-OH is 1. The van der Waals surface area contributed by atoms with E-state index >= 15 is 0 Å². The molecule has 40 heavy (non-hydrogen) atoms. The molecule has 2 fully saturated rings. The first-order valence-corrected chi connectivity index (χ1v) is 13.8. The fourth-order valence-electron chi connectivity index (χ4n) is 4.75. The van der Waals surface area contributed by atoms with Crippen molar-refractivity contribution in [1.29, 1.82) is 0 Å². The van der Waals surface area contributed by atoms with E-state index in [1.54, 1.807) is 18.5 Å². The van der Waals surface area contributed by atoms with E-state index in [1.807, 2.05) is 42.5 Å². The zero-order chi connectivity index (χ0) is 27.3. The van der Waals surface area contributed by atoms with Crippen LogP contribution in [-0.2, 0) is 4.79 Å². The molecule has 0 saturated heterocycles. The molecule has 0 radical (unpaired) electrons. The number of dihydropyridines is 1. The van der Waals surface area contributed by atoms with Crippen LogP contribution >= 0.6 is 0 Å². The number of furan rings is 1. The molecule has 9 nitrogen and oxygen atoms in total. The third-order valence-electron chi connectivity index (χ3n) is 7.18. The molecule has 1 aliphatic heterocycles. The summed E-state index contributed by atoms with van der Waals surface area (Å²) in [5.41, 5.74) is 3.86. The Morgan fingerprint density at radius 2 is 1.82 bits per heavy atom. The standard InChI is InChI=1S/C31H32N6O3/c38-26-13-11-22(12-14-26)34-29-27(28-2-1-17-40-28)19-33-31(37-29)36-24-6-3-20(4-7-24)5-8-25-18-21(15-16-32-25)30(39)35-23-9-10-23/h1-4,6-7,15,17-19,22-23,26,32,38H,9-14,16H2,(H,35,39)(H2,33,34,36,37). The van der Waals surface area contributed by atoms with Crippen molar-refractivity contribution in [2.75, 3.05) is 17.2 Å². The molecule has 1 amide bonds. The highest BCUT2D eigenvalue weighted by molar-refractivity contribution is 5.97. The smallest absolute Gasteiger partial charge is 0.251 e. The molecule has 0 unspecified atom stereocenters. The van der Waals surface area contributed by atoms with Gasteiger partial charge in [-0.15, -0.1) is 0 Å². The summed E-state index contributed by atoms with van der Waals surface area (Å²) in [5.74, 6) is 8.12. The number of aromatic nitrogens is 2. The second kappa shape index (κ2) is 11.7. The first-order valence-electron chi connectivity index (χ1n) is 13.8. The van der Waals surface area contributed by atoms with Gasteiger partial charge in [0, 0.05) is 41.6 Å². The summed E-state index contributed by atoms with van der Waals surface area (Å²) in [4.78, 5) is 21.6. The fraction of sp³-hybridized carbons (Fsp3) is 0.323. The number of hydrogen-bond donors (Lipinski definition) is 5. The molecule has 2 aliphatic carbocycles. The summed E-state index contributed by atoms with van der Waals surface area (Å²) in [6.45, 7) is 0.578. The first-order chi connectivity index (χ1) is 19.6. The lowest BCUT2D eigenvalue weighted by molar-refractivity contribution is -0.117. The quantitative estimate of drug-likeness (QED) is 0.284. The van der Waals surface area contributed by atoms with Gasteiger partial charge in [-0.1, -0.05) is 12.0 Å². The van der Waals surface area contributed by atoms with Crippen molar-refractivity contribution >= 4 is 23.4 Å². The number of rotatable bonds is 7. The number of allylic oxidation sites excluding steroid dienone is 1. The number of anilines is 3. The van der Waals surface area contributed by atoms with E-state index in [2.05, 4.69) is 38.1 Å². The largest absolute Gasteiger partial charge is 0.464 e. The second-order valence-electron chi connectivity index (χ2n) is 10.4. The maximum Gasteiger partial charge on any atom is 0.251 e. The average molecular weight is 537 g/mol. The minimum absolute atomic E-state index is 0.0333. The molecule has 2 aromatic heterocycles. The van der Waals surface area contributed by atoms with E-state index in [0.29, 0.717) is 35.7 Å². The summed E-state index contributed by atoms with van der Waals surface area (Å²) in [6, 6.07) is 12.0. The number of carbonyl (C=O) groups excluding carboxylic acids is 1. The minimum atomic E-state index is -0.221. The molecular weight excluding hydrogens is 504 g/mol. The number of aliphatic hydroxyl groups is 1. The SMILES string of the molecule is O=C(NC1CC1)C1=CCNC(C#Cc2ccc(Nc3ncc(-c4ccco4)c(NC4CCC(O)CC4)n3)cc2)=C1. The van der Waals surface area contributed by atoms with Crippen LogP contribution in [0.3, 0.4) is 0 Å². The molecule has 1 aromatic carbocycles. The third-order valence-corrected chi connectivity index (χ3v) is 7.18. The van der Waals surface area contributed by atoms with Crippen LogP contribution in [0.2, 0.25) is 0 Å². The van der Waals surface area contributed by atoms with Gasteiger partial charge in [-0.2, -0.15) is 4.98 Å². The lowest BCUT2D eigenvalue weighted by Gasteiger charge is -2.27. The van der Waals surface area contributed by atoms with Crippen LogP contribution < -0.4 is 21.3 Å². The first kappa shape index (κ1) is 25.7. The van der Waals surface area contributed by atoms with Crippen molar-refractivity contribution in [2.45, 2.75) is 56.7 Å². The van der Waals surface area contributed by atoms with Crippen LogP contribution in [0.25, 0.3) is 11.3 Å². The van der Waals surface area contributed by atoms with Crippen molar-refractivity contribution < 1.29 is 14.3 Å². The molecule has 204 valence electrons. The van der Waals surface area contributed by atoms with Crippen LogP contribution in [0.5, 0.6) is 0 Å². The molecule has 0 atom stereocenters. The Kier molecular flexibility index (Phi) is 7.51. The number of amides is 1. The highest BCUT2D eigenvalue weighted by atomic mass is 16.3. The molecule has 3 aliphatic rings. The number of hydrogen-bond acceptors (Lipinski definition) is 8. The fourth-order valence-corrected chi connectivity index (χ4v) is 4.75. The maximum absolute atomic E-state index is 12.3. The Bertz CT molecular complexity index is 1470. The molecule has 3 aromatic rings. The Morgan fingerprint density at radius 1 is 1.02 bits per heavy atom. The van der Waals surface area contributed by atoms with Gasteiger partial charge in [0.15, 0.2) is 0 Å². The number of carbonyl (C=O) groups is 1. The molecule has 0 spiro atoms. The average Bonchev–Trinajstić information content (AvgIpc) is 3.62. The van der Waals surface area contributed by atoms with Crippen LogP contribution in [0.4, 0.5) is 17.5 Å². The Morgan fingerprint density at radius 3 is 2.58 bits per heavy atom. The molecule has 3 heterocycles. The predicted molar refractivity (Wildman–Crippen MR) is 154 cm³/mol. The Balaban J connectivity index is 1.13. The van der Waals surface area contributed by atoms with Crippen molar-refractivity contribution in [3.8, 4) is 23.2 Å².